The number of ether oxygens (including phenoxy) is 1. The molecule has 0 bridgehead atoms. The minimum atomic E-state index is -0.661. The van der Waals surface area contributed by atoms with Crippen molar-refractivity contribution in [1.29, 1.82) is 0 Å². The second kappa shape index (κ2) is 78.5. The molecule has 0 heterocycles. The van der Waals surface area contributed by atoms with E-state index in [9.17, 15) is 19.8 Å². The SMILES string of the molecule is CCCCC/C=C\C/C=C\CCCCCCCCCC(=O)OCCCCCCCCCCCCCCCCCCCC/C=C\CCCCCCCCCCCCCCCCCCCC(=O)NC(CO)C(O)CCCCCCCCCCCCCCCCCC. The van der Waals surface area contributed by atoms with Crippen LogP contribution in [0.2, 0.25) is 0 Å². The zero-order chi connectivity index (χ0) is 64.2. The monoisotopic (exact) mass is 1250 g/mol. The van der Waals surface area contributed by atoms with Crippen molar-refractivity contribution in [2.45, 2.75) is 469 Å². The fourth-order valence-electron chi connectivity index (χ4n) is 13.0. The Morgan fingerprint density at radius 2 is 0.562 bits per heavy atom. The number of unbranched alkanes of at least 4 members (excludes halogenated alkanes) is 60. The molecule has 0 radical (unpaired) electrons. The Morgan fingerprint density at radius 3 is 0.888 bits per heavy atom. The number of carbonyl (C=O) groups excluding carboxylic acids is 2. The average molecular weight is 1250 g/mol. The Balaban J connectivity index is 3.31. The Morgan fingerprint density at radius 1 is 0.315 bits per heavy atom. The van der Waals surface area contributed by atoms with Gasteiger partial charge in [-0.05, 0) is 83.5 Å². The lowest BCUT2D eigenvalue weighted by Gasteiger charge is -2.22. The summed E-state index contributed by atoms with van der Waals surface area (Å²) in [7, 11) is 0. The van der Waals surface area contributed by atoms with Gasteiger partial charge in [0.15, 0.2) is 0 Å². The van der Waals surface area contributed by atoms with E-state index in [2.05, 4.69) is 55.6 Å². The van der Waals surface area contributed by atoms with E-state index in [0.717, 1.165) is 51.4 Å². The van der Waals surface area contributed by atoms with Crippen LogP contribution < -0.4 is 5.32 Å². The smallest absolute Gasteiger partial charge is 0.305 e. The summed E-state index contributed by atoms with van der Waals surface area (Å²) in [5.74, 6) is -0.0115. The van der Waals surface area contributed by atoms with Gasteiger partial charge in [-0.1, -0.05) is 397 Å². The molecule has 0 aromatic carbocycles. The molecule has 0 saturated heterocycles. The molecule has 0 aliphatic heterocycles. The third kappa shape index (κ3) is 75.0. The zero-order valence-corrected chi connectivity index (χ0v) is 60.4. The van der Waals surface area contributed by atoms with E-state index in [1.54, 1.807) is 0 Å². The van der Waals surface area contributed by atoms with Gasteiger partial charge in [0.25, 0.3) is 0 Å². The molecule has 0 rings (SSSR count). The first kappa shape index (κ1) is 87.1. The normalized spacial score (nSPS) is 12.6. The summed E-state index contributed by atoms with van der Waals surface area (Å²) < 4.78 is 5.51. The summed E-state index contributed by atoms with van der Waals surface area (Å²) >= 11 is 0. The number of hydrogen-bond acceptors (Lipinski definition) is 5. The number of amides is 1. The maximum atomic E-state index is 12.5. The predicted octanol–water partition coefficient (Wildman–Crippen LogP) is 27.0. The first-order valence-electron chi connectivity index (χ1n) is 40.7. The van der Waals surface area contributed by atoms with Crippen molar-refractivity contribution in [3.63, 3.8) is 0 Å². The summed E-state index contributed by atoms with van der Waals surface area (Å²) in [6.07, 6.45) is 103. The first-order chi connectivity index (χ1) is 44.0. The Kier molecular flexibility index (Phi) is 76.8. The van der Waals surface area contributed by atoms with Crippen molar-refractivity contribution in [1.82, 2.24) is 5.32 Å². The van der Waals surface area contributed by atoms with Crippen LogP contribution >= 0.6 is 0 Å². The molecule has 1 amide bonds. The number of aliphatic hydroxyl groups is 2. The molecule has 6 nitrogen and oxygen atoms in total. The largest absolute Gasteiger partial charge is 0.466 e. The molecule has 526 valence electrons. The number of carbonyl (C=O) groups is 2. The molecule has 89 heavy (non-hydrogen) atoms. The van der Waals surface area contributed by atoms with E-state index in [-0.39, 0.29) is 18.5 Å². The van der Waals surface area contributed by atoms with Crippen LogP contribution in [0.5, 0.6) is 0 Å². The molecule has 0 spiro atoms. The van der Waals surface area contributed by atoms with Crippen LogP contribution in [0.4, 0.5) is 0 Å². The van der Waals surface area contributed by atoms with Crippen LogP contribution in [0.1, 0.15) is 457 Å². The number of aliphatic hydroxyl groups excluding tert-OH is 2. The fourth-order valence-corrected chi connectivity index (χ4v) is 13.0. The Hall–Kier alpha value is -1.92. The minimum absolute atomic E-state index is 0.0153. The fraction of sp³-hybridized carbons (Fsp3) is 0.904. The lowest BCUT2D eigenvalue weighted by molar-refractivity contribution is -0.143. The molecule has 2 unspecified atom stereocenters. The molecule has 0 aromatic heterocycles. The highest BCUT2D eigenvalue weighted by molar-refractivity contribution is 5.76. The third-order valence-electron chi connectivity index (χ3n) is 19.2. The van der Waals surface area contributed by atoms with Crippen molar-refractivity contribution in [2.75, 3.05) is 13.2 Å². The molecule has 0 saturated carbocycles. The van der Waals surface area contributed by atoms with Crippen LogP contribution in [0.3, 0.4) is 0 Å². The van der Waals surface area contributed by atoms with Gasteiger partial charge in [-0.3, -0.25) is 9.59 Å². The lowest BCUT2D eigenvalue weighted by Crippen LogP contribution is -2.45. The van der Waals surface area contributed by atoms with E-state index in [0.29, 0.717) is 25.9 Å². The molecule has 3 N–H and O–H groups in total. The summed E-state index contributed by atoms with van der Waals surface area (Å²) in [4.78, 5) is 24.6. The van der Waals surface area contributed by atoms with Gasteiger partial charge in [-0.2, -0.15) is 0 Å². The van der Waals surface area contributed by atoms with Gasteiger partial charge in [0.2, 0.25) is 5.91 Å². The summed E-state index contributed by atoms with van der Waals surface area (Å²) in [5, 5.41) is 23.4. The lowest BCUT2D eigenvalue weighted by atomic mass is 10.0. The van der Waals surface area contributed by atoms with Gasteiger partial charge in [0, 0.05) is 12.8 Å². The highest BCUT2D eigenvalue weighted by Gasteiger charge is 2.20. The highest BCUT2D eigenvalue weighted by Crippen LogP contribution is 2.20. The predicted molar refractivity (Wildman–Crippen MR) is 393 cm³/mol. The number of hydrogen-bond donors (Lipinski definition) is 3. The van der Waals surface area contributed by atoms with E-state index >= 15 is 0 Å². The van der Waals surface area contributed by atoms with E-state index in [1.807, 2.05) is 0 Å². The molecule has 0 aliphatic rings. The molecular weight excluding hydrogens is 1090 g/mol. The van der Waals surface area contributed by atoms with Gasteiger partial charge < -0.3 is 20.3 Å². The van der Waals surface area contributed by atoms with Crippen molar-refractivity contribution in [2.24, 2.45) is 0 Å². The van der Waals surface area contributed by atoms with Gasteiger partial charge in [-0.25, -0.2) is 0 Å². The average Bonchev–Trinajstić information content (AvgIpc) is 3.62. The summed E-state index contributed by atoms with van der Waals surface area (Å²) in [6.45, 7) is 4.97. The van der Waals surface area contributed by atoms with E-state index in [1.165, 1.54) is 372 Å². The maximum absolute atomic E-state index is 12.5. The zero-order valence-electron chi connectivity index (χ0n) is 60.4. The number of allylic oxidation sites excluding steroid dienone is 6. The first-order valence-corrected chi connectivity index (χ1v) is 40.7. The summed E-state index contributed by atoms with van der Waals surface area (Å²) in [6, 6.07) is -0.538. The summed E-state index contributed by atoms with van der Waals surface area (Å²) in [5.41, 5.74) is 0. The molecule has 2 atom stereocenters. The van der Waals surface area contributed by atoms with E-state index < -0.39 is 12.1 Å². The van der Waals surface area contributed by atoms with Crippen LogP contribution in [-0.4, -0.2) is 47.4 Å². The van der Waals surface area contributed by atoms with Crippen molar-refractivity contribution in [3.8, 4) is 0 Å². The number of nitrogens with one attached hydrogen (secondary N) is 1. The van der Waals surface area contributed by atoms with Crippen molar-refractivity contribution >= 4 is 11.9 Å². The van der Waals surface area contributed by atoms with Crippen LogP contribution in [0.15, 0.2) is 36.5 Å². The maximum Gasteiger partial charge on any atom is 0.305 e. The van der Waals surface area contributed by atoms with Crippen molar-refractivity contribution < 1.29 is 24.5 Å². The molecule has 0 aliphatic carbocycles. The topological polar surface area (TPSA) is 95.9 Å². The third-order valence-corrected chi connectivity index (χ3v) is 19.2. The van der Waals surface area contributed by atoms with Gasteiger partial charge in [0.05, 0.1) is 25.4 Å². The van der Waals surface area contributed by atoms with Crippen LogP contribution in [0, 0.1) is 0 Å². The van der Waals surface area contributed by atoms with Gasteiger partial charge in [-0.15, -0.1) is 0 Å². The standard InChI is InChI=1S/C83H159NO5/c1-3-5-7-9-11-13-15-17-19-44-49-53-57-61-65-69-73-77-83(88)89-78-74-70-66-62-58-54-50-46-43-41-39-37-35-33-31-29-27-25-23-21-22-24-26-28-30-32-34-36-38-40-42-45-48-52-56-60-64-68-72-76-82(87)84-80(79-85)81(86)75-71-67-63-59-55-51-47-20-18-16-14-12-10-8-6-4-2/h11,13,17,19,21-22,80-81,85-86H,3-10,12,14-16,18,20,23-79H2,1-2H3,(H,84,87)/b13-11-,19-17-,22-21-. The quantitative estimate of drug-likeness (QED) is 0.0320. The number of rotatable bonds is 77. The number of esters is 1. The molecular formula is C83H159NO5. The van der Waals surface area contributed by atoms with Crippen LogP contribution in [0.25, 0.3) is 0 Å². The minimum Gasteiger partial charge on any atom is -0.466 e. The van der Waals surface area contributed by atoms with Crippen LogP contribution in [-0.2, 0) is 14.3 Å². The highest BCUT2D eigenvalue weighted by atomic mass is 16.5. The van der Waals surface area contributed by atoms with Gasteiger partial charge in [0.1, 0.15) is 0 Å². The molecule has 0 aromatic rings. The molecule has 0 fully saturated rings. The van der Waals surface area contributed by atoms with E-state index in [4.69, 9.17) is 4.74 Å². The molecule has 6 heteroatoms. The second-order valence-corrected chi connectivity index (χ2v) is 28.1. The van der Waals surface area contributed by atoms with Gasteiger partial charge >= 0.3 is 5.97 Å². The second-order valence-electron chi connectivity index (χ2n) is 28.1. The Bertz CT molecular complexity index is 1440. The van der Waals surface area contributed by atoms with Crippen molar-refractivity contribution in [3.05, 3.63) is 36.5 Å². The Labute approximate surface area is 557 Å².